The molecule has 1 amide bonds. The molecule has 0 radical (unpaired) electrons. The molecule has 4 heteroatoms. The Morgan fingerprint density at radius 1 is 1.40 bits per heavy atom. The number of carbonyl (C=O) groups excluding carboxylic acids is 1. The summed E-state index contributed by atoms with van der Waals surface area (Å²) in [4.78, 5) is 13.1. The van der Waals surface area contributed by atoms with Crippen molar-refractivity contribution in [1.29, 1.82) is 0 Å². The fraction of sp³-hybridized carbons (Fsp3) is 0.727. The molecule has 0 aromatic carbocycles. The van der Waals surface area contributed by atoms with E-state index in [-0.39, 0.29) is 25.0 Å². The van der Waals surface area contributed by atoms with Crippen LogP contribution in [-0.4, -0.2) is 23.1 Å². The van der Waals surface area contributed by atoms with Crippen molar-refractivity contribution in [3.63, 3.8) is 0 Å². The van der Waals surface area contributed by atoms with Crippen molar-refractivity contribution >= 4 is 6.09 Å². The zero-order valence-electron chi connectivity index (χ0n) is 10.2. The van der Waals surface area contributed by atoms with Gasteiger partial charge in [-0.1, -0.05) is 6.42 Å². The molecular formula is C11H18LiNO2. The summed E-state index contributed by atoms with van der Waals surface area (Å²) < 4.78 is 5.24. The van der Waals surface area contributed by atoms with Gasteiger partial charge in [-0.25, -0.2) is 0 Å². The van der Waals surface area contributed by atoms with Gasteiger partial charge in [0.25, 0.3) is 0 Å². The molecule has 0 bridgehead atoms. The zero-order chi connectivity index (χ0) is 10.6. The van der Waals surface area contributed by atoms with Crippen LogP contribution in [0.2, 0.25) is 0 Å². The van der Waals surface area contributed by atoms with E-state index in [0.717, 1.165) is 19.3 Å². The summed E-state index contributed by atoms with van der Waals surface area (Å²) in [7, 11) is 0. The molecule has 0 aliphatic carbocycles. The maximum absolute atomic E-state index is 11.6. The average molecular weight is 203 g/mol. The molecule has 0 saturated heterocycles. The van der Waals surface area contributed by atoms with Crippen molar-refractivity contribution in [3.05, 3.63) is 12.3 Å². The summed E-state index contributed by atoms with van der Waals surface area (Å²) in [5.41, 5.74) is -0.426. The van der Waals surface area contributed by atoms with Gasteiger partial charge in [-0.2, -0.15) is 12.3 Å². The monoisotopic (exact) mass is 203 g/mol. The smallest absolute Gasteiger partial charge is 0.530 e. The molecule has 1 aliphatic rings. The third kappa shape index (κ3) is 5.91. The van der Waals surface area contributed by atoms with E-state index in [1.54, 1.807) is 0 Å². The van der Waals surface area contributed by atoms with E-state index in [0.29, 0.717) is 6.54 Å². The maximum Gasteiger partial charge on any atom is 1.00 e. The average Bonchev–Trinajstić information content (AvgIpc) is 2.27. The maximum atomic E-state index is 11.6. The second kappa shape index (κ2) is 6.25. The van der Waals surface area contributed by atoms with Gasteiger partial charge in [0.2, 0.25) is 6.09 Å². The predicted octanol–water partition coefficient (Wildman–Crippen LogP) is -0.272. The number of carbonyl (C=O) groups is 1. The first-order valence-corrected chi connectivity index (χ1v) is 5.07. The number of nitrogens with zero attached hydrogens (tertiary/aromatic N) is 1. The molecule has 1 rings (SSSR count). The molecule has 80 valence electrons. The van der Waals surface area contributed by atoms with Crippen LogP contribution in [0, 0.1) is 6.20 Å². The Balaban J connectivity index is 0.00000196. The Bertz CT molecular complexity index is 233. The Morgan fingerprint density at radius 3 is 2.67 bits per heavy atom. The van der Waals surface area contributed by atoms with E-state index in [9.17, 15) is 4.79 Å². The van der Waals surface area contributed by atoms with Gasteiger partial charge in [0, 0.05) is 0 Å². The van der Waals surface area contributed by atoms with Crippen molar-refractivity contribution in [2.45, 2.75) is 45.6 Å². The number of hydrogen-bond donors (Lipinski definition) is 0. The van der Waals surface area contributed by atoms with Crippen LogP contribution in [0.15, 0.2) is 6.08 Å². The molecule has 0 N–H and O–H groups in total. The van der Waals surface area contributed by atoms with Gasteiger partial charge in [0.15, 0.2) is 0 Å². The van der Waals surface area contributed by atoms with Crippen LogP contribution >= 0.6 is 0 Å². The topological polar surface area (TPSA) is 29.5 Å². The first kappa shape index (κ1) is 14.6. The van der Waals surface area contributed by atoms with Crippen molar-refractivity contribution < 1.29 is 28.4 Å². The van der Waals surface area contributed by atoms with Gasteiger partial charge >= 0.3 is 18.9 Å². The molecule has 3 nitrogen and oxygen atoms in total. The molecule has 1 heterocycles. The Morgan fingerprint density at radius 2 is 2.07 bits per heavy atom. The van der Waals surface area contributed by atoms with Crippen LogP contribution in [0.5, 0.6) is 0 Å². The summed E-state index contributed by atoms with van der Waals surface area (Å²) >= 11 is 0. The summed E-state index contributed by atoms with van der Waals surface area (Å²) in [5, 5.41) is 0. The number of ether oxygens (including phenoxy) is 1. The summed E-state index contributed by atoms with van der Waals surface area (Å²) in [6.07, 6.45) is 7.68. The van der Waals surface area contributed by atoms with Crippen LogP contribution in [0.1, 0.15) is 40.0 Å². The van der Waals surface area contributed by atoms with Crippen molar-refractivity contribution in [3.8, 4) is 0 Å². The minimum absolute atomic E-state index is 0. The van der Waals surface area contributed by atoms with Gasteiger partial charge < -0.3 is 14.4 Å². The minimum atomic E-state index is -0.426. The molecule has 0 aromatic rings. The standard InChI is InChI=1S/C11H18NO2.Li/c1-11(2,3)14-10(13)12-8-6-4-5-7-9-12;/h6H,4-5,7,9H2,1-3H3;/q-1;+1. The van der Waals surface area contributed by atoms with Crippen molar-refractivity contribution in [2.24, 2.45) is 0 Å². The van der Waals surface area contributed by atoms with Gasteiger partial charge in [0.1, 0.15) is 0 Å². The van der Waals surface area contributed by atoms with Gasteiger partial charge in [-0.15, -0.1) is 0 Å². The predicted molar refractivity (Wildman–Crippen MR) is 54.6 cm³/mol. The molecular weight excluding hydrogens is 185 g/mol. The molecule has 0 fully saturated rings. The third-order valence-electron chi connectivity index (χ3n) is 1.84. The van der Waals surface area contributed by atoms with E-state index in [2.05, 4.69) is 6.20 Å². The SMILES string of the molecule is CC(C)(C)OC(=O)N1[C-]=CCCCC1.[Li+]. The number of rotatable bonds is 0. The molecule has 0 unspecified atom stereocenters. The van der Waals surface area contributed by atoms with Crippen LogP contribution in [0.3, 0.4) is 0 Å². The first-order valence-electron chi connectivity index (χ1n) is 5.07. The van der Waals surface area contributed by atoms with E-state index < -0.39 is 5.60 Å². The van der Waals surface area contributed by atoms with Crippen LogP contribution in [0.25, 0.3) is 0 Å². The van der Waals surface area contributed by atoms with Crippen LogP contribution in [-0.2, 0) is 4.74 Å². The van der Waals surface area contributed by atoms with E-state index in [1.807, 2.05) is 26.8 Å². The summed E-state index contributed by atoms with van der Waals surface area (Å²) in [6, 6.07) is 0. The summed E-state index contributed by atoms with van der Waals surface area (Å²) in [6.45, 7) is 6.32. The van der Waals surface area contributed by atoms with Gasteiger partial charge in [-0.3, -0.25) is 0 Å². The Kier molecular flexibility index (Phi) is 6.08. The molecule has 0 spiro atoms. The third-order valence-corrected chi connectivity index (χ3v) is 1.84. The fourth-order valence-corrected chi connectivity index (χ4v) is 1.22. The Hall–Kier alpha value is -0.393. The second-order valence-corrected chi connectivity index (χ2v) is 4.46. The normalized spacial score (nSPS) is 16.6. The number of amides is 1. The number of hydrogen-bond acceptors (Lipinski definition) is 2. The quantitative estimate of drug-likeness (QED) is 0.400. The summed E-state index contributed by atoms with van der Waals surface area (Å²) in [5.74, 6) is 0. The first-order chi connectivity index (χ1) is 6.49. The fourth-order valence-electron chi connectivity index (χ4n) is 1.22. The van der Waals surface area contributed by atoms with Crippen LogP contribution in [0.4, 0.5) is 4.79 Å². The molecule has 0 aromatic heterocycles. The largest absolute Gasteiger partial charge is 1.00 e. The second-order valence-electron chi connectivity index (χ2n) is 4.46. The van der Waals surface area contributed by atoms with E-state index >= 15 is 0 Å². The van der Waals surface area contributed by atoms with Gasteiger partial charge in [-0.05, 0) is 40.2 Å². The van der Waals surface area contributed by atoms with E-state index in [1.165, 1.54) is 4.90 Å². The molecule has 1 aliphatic heterocycles. The van der Waals surface area contributed by atoms with Crippen molar-refractivity contribution in [2.75, 3.05) is 6.54 Å². The zero-order valence-corrected chi connectivity index (χ0v) is 10.2. The Labute approximate surface area is 104 Å². The molecule has 0 atom stereocenters. The van der Waals surface area contributed by atoms with Gasteiger partial charge in [0.05, 0.1) is 5.60 Å². The molecule has 15 heavy (non-hydrogen) atoms. The van der Waals surface area contributed by atoms with Crippen molar-refractivity contribution in [1.82, 2.24) is 4.90 Å². The molecule has 0 saturated carbocycles. The van der Waals surface area contributed by atoms with Crippen LogP contribution < -0.4 is 18.9 Å². The number of allylic oxidation sites excluding steroid dienone is 1. The van der Waals surface area contributed by atoms with E-state index in [4.69, 9.17) is 4.74 Å². The minimum Gasteiger partial charge on any atom is -0.530 e.